The van der Waals surface area contributed by atoms with Crippen LogP contribution in [0.25, 0.3) is 105 Å². The van der Waals surface area contributed by atoms with Crippen molar-refractivity contribution in [3.8, 4) is 57.1 Å². The number of ether oxygens (including phenoxy) is 1. The number of nitriles is 1. The quantitative estimate of drug-likeness (QED) is 0.176. The van der Waals surface area contributed by atoms with Crippen LogP contribution in [0.1, 0.15) is 27.8 Å². The minimum absolute atomic E-state index is 0.632. The highest BCUT2D eigenvalue weighted by atomic mass is 16.5. The van der Waals surface area contributed by atoms with E-state index in [0.717, 1.165) is 106 Å². The lowest BCUT2D eigenvalue weighted by Crippen LogP contribution is -2.32. The van der Waals surface area contributed by atoms with Crippen LogP contribution >= 0.6 is 0 Å². The number of rotatable bonds is 4. The lowest BCUT2D eigenvalue weighted by Gasteiger charge is -2.39. The molecule has 5 aromatic heterocycles. The SMILES string of the molecule is N#Cc1ccc2c(c1)c1ccccc1n2-c1ccc2c(c1)C1(c3ccc(-c4ccc5c(c4)c4ccccc4n5-c4cccc(-n5c6ccccc6c6ccccc65)c4)cc3O2)c2cccnc2-c2ncccc21. The molecule has 14 aromatic rings. The Labute approximate surface area is 418 Å². The predicted molar refractivity (Wildman–Crippen MR) is 293 cm³/mol. The highest BCUT2D eigenvalue weighted by Crippen LogP contribution is 2.62. The summed E-state index contributed by atoms with van der Waals surface area (Å²) in [5.41, 5.74) is 17.9. The third-order valence-corrected chi connectivity index (χ3v) is 15.6. The molecule has 6 heterocycles. The van der Waals surface area contributed by atoms with Crippen LogP contribution in [0.4, 0.5) is 0 Å². The molecule has 16 rings (SSSR count). The van der Waals surface area contributed by atoms with E-state index >= 15 is 0 Å². The fraction of sp³-hybridized carbons (Fsp3) is 0.0152. The fourth-order valence-electron chi connectivity index (χ4n) is 12.6. The molecule has 73 heavy (non-hydrogen) atoms. The zero-order chi connectivity index (χ0) is 47.9. The Hall–Kier alpha value is -10.0. The van der Waals surface area contributed by atoms with Crippen molar-refractivity contribution in [2.24, 2.45) is 0 Å². The second-order valence-corrected chi connectivity index (χ2v) is 19.2. The highest BCUT2D eigenvalue weighted by molar-refractivity contribution is 6.12. The van der Waals surface area contributed by atoms with Crippen molar-refractivity contribution < 1.29 is 4.74 Å². The molecule has 2 aliphatic rings. The molecule has 0 atom stereocenters. The van der Waals surface area contributed by atoms with E-state index in [4.69, 9.17) is 14.7 Å². The van der Waals surface area contributed by atoms with E-state index in [0.29, 0.717) is 5.56 Å². The van der Waals surface area contributed by atoms with Crippen molar-refractivity contribution in [1.29, 1.82) is 5.26 Å². The maximum atomic E-state index is 9.88. The van der Waals surface area contributed by atoms with Gasteiger partial charge in [-0.15, -0.1) is 0 Å². The minimum atomic E-state index is -0.789. The second-order valence-electron chi connectivity index (χ2n) is 19.2. The fourth-order valence-corrected chi connectivity index (χ4v) is 12.6. The molecular formula is C66H38N6O. The molecule has 7 heteroatoms. The molecule has 0 bridgehead atoms. The second kappa shape index (κ2) is 14.8. The maximum absolute atomic E-state index is 9.88. The first-order valence-corrected chi connectivity index (χ1v) is 24.6. The van der Waals surface area contributed by atoms with E-state index in [1.165, 1.54) is 32.6 Å². The van der Waals surface area contributed by atoms with Gasteiger partial charge in [0.1, 0.15) is 11.5 Å². The molecule has 0 fully saturated rings. The molecule has 9 aromatic carbocycles. The van der Waals surface area contributed by atoms with E-state index < -0.39 is 5.41 Å². The van der Waals surface area contributed by atoms with Crippen LogP contribution in [0.2, 0.25) is 0 Å². The lowest BCUT2D eigenvalue weighted by atomic mass is 9.66. The highest BCUT2D eigenvalue weighted by Gasteiger charge is 2.52. The standard InChI is InChI=1S/C66H38N6O/c67-39-40-24-29-60-50(34-40)48-16-3-7-22-58(48)72(60)45-27-31-62-55(38-45)66(53-18-10-32-68-64(53)65-54(66)19-11-33-69-65)52-28-25-42(36-63(52)73-62)41-26-30-61-51(35-41)49-17-4-8-23-59(49)71(61)44-13-9-12-43(37-44)70-56-20-5-1-14-46(56)47-15-2-6-21-57(47)70/h1-38H. The summed E-state index contributed by atoms with van der Waals surface area (Å²) in [6.45, 7) is 0. The normalized spacial score (nSPS) is 13.1. The van der Waals surface area contributed by atoms with Gasteiger partial charge in [0, 0.05) is 72.9 Å². The smallest absolute Gasteiger partial charge is 0.132 e. The Kier molecular flexibility index (Phi) is 8.04. The zero-order valence-corrected chi connectivity index (χ0v) is 39.0. The van der Waals surface area contributed by atoms with Gasteiger partial charge in [0.15, 0.2) is 0 Å². The lowest BCUT2D eigenvalue weighted by molar-refractivity contribution is 0.436. The molecule has 0 radical (unpaired) electrons. The zero-order valence-electron chi connectivity index (χ0n) is 39.0. The average Bonchev–Trinajstić information content (AvgIpc) is 4.17. The summed E-state index contributed by atoms with van der Waals surface area (Å²) < 4.78 is 14.2. The van der Waals surface area contributed by atoms with Crippen molar-refractivity contribution in [3.05, 3.63) is 259 Å². The van der Waals surface area contributed by atoms with Crippen LogP contribution < -0.4 is 4.74 Å². The Morgan fingerprint density at radius 1 is 0.356 bits per heavy atom. The molecule has 0 N–H and O–H groups in total. The summed E-state index contributed by atoms with van der Waals surface area (Å²) in [6, 6.07) is 80.3. The number of hydrogen-bond donors (Lipinski definition) is 0. The maximum Gasteiger partial charge on any atom is 0.132 e. The van der Waals surface area contributed by atoms with Crippen LogP contribution in [-0.2, 0) is 5.41 Å². The molecule has 7 nitrogen and oxygen atoms in total. The Balaban J connectivity index is 0.864. The van der Waals surface area contributed by atoms with E-state index in [1.54, 1.807) is 0 Å². The summed E-state index contributed by atoms with van der Waals surface area (Å²) in [5.74, 6) is 1.56. The van der Waals surface area contributed by atoms with Gasteiger partial charge in [0.2, 0.25) is 0 Å². The summed E-state index contributed by atoms with van der Waals surface area (Å²) in [5, 5.41) is 16.9. The van der Waals surface area contributed by atoms with Gasteiger partial charge >= 0.3 is 0 Å². The molecule has 0 saturated carbocycles. The molecule has 1 spiro atoms. The number of para-hydroxylation sites is 4. The Morgan fingerprint density at radius 3 is 1.44 bits per heavy atom. The monoisotopic (exact) mass is 930 g/mol. The molecular weight excluding hydrogens is 893 g/mol. The van der Waals surface area contributed by atoms with Crippen LogP contribution in [0.15, 0.2) is 231 Å². The van der Waals surface area contributed by atoms with Crippen LogP contribution in [0.5, 0.6) is 11.5 Å². The van der Waals surface area contributed by atoms with Crippen molar-refractivity contribution in [2.75, 3.05) is 0 Å². The van der Waals surface area contributed by atoms with E-state index in [2.05, 4.69) is 214 Å². The molecule has 338 valence electrons. The summed E-state index contributed by atoms with van der Waals surface area (Å²) in [6.07, 6.45) is 3.72. The average molecular weight is 931 g/mol. The Morgan fingerprint density at radius 2 is 0.849 bits per heavy atom. The van der Waals surface area contributed by atoms with E-state index in [9.17, 15) is 5.26 Å². The molecule has 0 amide bonds. The topological polar surface area (TPSA) is 73.6 Å². The van der Waals surface area contributed by atoms with Gasteiger partial charge in [-0.25, -0.2) is 0 Å². The van der Waals surface area contributed by atoms with E-state index in [-0.39, 0.29) is 0 Å². The van der Waals surface area contributed by atoms with Gasteiger partial charge in [0.25, 0.3) is 0 Å². The molecule has 1 aliphatic heterocycles. The van der Waals surface area contributed by atoms with Gasteiger partial charge < -0.3 is 18.4 Å². The van der Waals surface area contributed by atoms with Gasteiger partial charge in [-0.2, -0.15) is 5.26 Å². The minimum Gasteiger partial charge on any atom is -0.457 e. The summed E-state index contributed by atoms with van der Waals surface area (Å²) >= 11 is 0. The molecule has 1 aliphatic carbocycles. The van der Waals surface area contributed by atoms with Gasteiger partial charge in [-0.1, -0.05) is 109 Å². The first-order valence-electron chi connectivity index (χ1n) is 24.6. The largest absolute Gasteiger partial charge is 0.457 e. The molecule has 0 saturated heterocycles. The number of aromatic nitrogens is 5. The number of pyridine rings is 2. The first kappa shape index (κ1) is 39.8. The third-order valence-electron chi connectivity index (χ3n) is 15.6. The number of benzene rings is 9. The van der Waals surface area contributed by atoms with Crippen LogP contribution in [-0.4, -0.2) is 23.7 Å². The van der Waals surface area contributed by atoms with E-state index in [1.807, 2.05) is 36.7 Å². The van der Waals surface area contributed by atoms with Gasteiger partial charge in [-0.3, -0.25) is 9.97 Å². The van der Waals surface area contributed by atoms with Gasteiger partial charge in [0.05, 0.1) is 61.5 Å². The number of nitrogens with zero attached hydrogens (tertiary/aromatic N) is 6. The summed E-state index contributed by atoms with van der Waals surface area (Å²) in [4.78, 5) is 10.0. The van der Waals surface area contributed by atoms with Crippen molar-refractivity contribution >= 4 is 65.4 Å². The van der Waals surface area contributed by atoms with Gasteiger partial charge in [-0.05, 0) is 131 Å². The predicted octanol–water partition coefficient (Wildman–Crippen LogP) is 15.8. The molecule has 0 unspecified atom stereocenters. The van der Waals surface area contributed by atoms with Crippen LogP contribution in [0, 0.1) is 11.3 Å². The van der Waals surface area contributed by atoms with Crippen molar-refractivity contribution in [1.82, 2.24) is 23.7 Å². The Bertz CT molecular complexity index is 4660. The number of fused-ring (bicyclic) bond motifs is 18. The number of hydrogen-bond acceptors (Lipinski definition) is 4. The summed E-state index contributed by atoms with van der Waals surface area (Å²) in [7, 11) is 0. The first-order chi connectivity index (χ1) is 36.2. The third kappa shape index (κ3) is 5.36. The van der Waals surface area contributed by atoms with Crippen LogP contribution in [0.3, 0.4) is 0 Å². The van der Waals surface area contributed by atoms with Crippen molar-refractivity contribution in [2.45, 2.75) is 5.41 Å². The van der Waals surface area contributed by atoms with Crippen molar-refractivity contribution in [3.63, 3.8) is 0 Å².